The van der Waals surface area contributed by atoms with Gasteiger partial charge in [0.05, 0.1) is 49.6 Å². The second-order valence-corrected chi connectivity index (χ2v) is 17.4. The third kappa shape index (κ3) is 8.21. The van der Waals surface area contributed by atoms with Crippen molar-refractivity contribution in [2.24, 2.45) is 0 Å². The van der Waals surface area contributed by atoms with Crippen LogP contribution in [0.25, 0.3) is 11.1 Å². The first-order chi connectivity index (χ1) is 35.1. The molecule has 1 aliphatic heterocycles. The first kappa shape index (κ1) is 56.1. The molecular weight excluding hydrogens is 1060 g/mol. The lowest BCUT2D eigenvalue weighted by molar-refractivity contribution is -0.953. The minimum absolute atomic E-state index is 0.0217. The predicted octanol–water partition coefficient (Wildman–Crippen LogP) is 13.2. The van der Waals surface area contributed by atoms with E-state index >= 15 is 70.2 Å². The van der Waals surface area contributed by atoms with Gasteiger partial charge in [0, 0.05) is 33.4 Å². The number of hydrogen-bond donors (Lipinski definition) is 2. The topological polar surface area (TPSA) is 58.9 Å². The first-order valence-corrected chi connectivity index (χ1v) is 21.9. The number of methoxy groups -OCH3 is 2. The second kappa shape index (κ2) is 20.2. The largest absolute Gasteiger partial charge is 0.496 e. The molecule has 0 bridgehead atoms. The quantitative estimate of drug-likeness (QED) is 0.0375. The van der Waals surface area contributed by atoms with Gasteiger partial charge >= 0.3 is 0 Å². The van der Waals surface area contributed by atoms with E-state index in [4.69, 9.17) is 9.47 Å². The molecular formula is C50H34F20NO4+. The van der Waals surface area contributed by atoms with Crippen LogP contribution in [0.3, 0.4) is 0 Å². The highest BCUT2D eigenvalue weighted by Gasteiger charge is 2.54. The van der Waals surface area contributed by atoms with Crippen molar-refractivity contribution in [3.05, 3.63) is 185 Å². The maximum Gasteiger partial charge on any atom is 0.200 e. The fraction of sp³-hybridized carbons (Fsp3) is 0.280. The van der Waals surface area contributed by atoms with Crippen molar-refractivity contribution in [1.29, 1.82) is 0 Å². The van der Waals surface area contributed by atoms with Gasteiger partial charge in [-0.15, -0.1) is 0 Å². The summed E-state index contributed by atoms with van der Waals surface area (Å²) in [5.41, 5.74) is -27.0. The first-order valence-electron chi connectivity index (χ1n) is 21.9. The molecule has 75 heavy (non-hydrogen) atoms. The third-order valence-corrected chi connectivity index (χ3v) is 13.3. The van der Waals surface area contributed by atoms with Gasteiger partial charge in [0.15, 0.2) is 104 Å². The molecule has 6 aromatic carbocycles. The molecule has 402 valence electrons. The lowest BCUT2D eigenvalue weighted by atomic mass is 9.73. The summed E-state index contributed by atoms with van der Waals surface area (Å²) < 4.78 is 323. The number of unbranched alkanes of at least 4 members (excludes halogenated alkanes) is 2. The molecule has 0 amide bonds. The van der Waals surface area contributed by atoms with Crippen LogP contribution in [0.15, 0.2) is 24.3 Å². The SMILES string of the molecule is CCCC[N+]1(CCCC)Cc2c(C(O)(c3c(F)c(F)c(F)c(F)c3F)c3c(F)c(F)c(F)c(F)c3F)ccc(OC)c2-c2c(OC)ccc(C(O)(c3c(F)c(F)c(F)c(F)c3F)c3c(F)c(F)c(F)c(F)c3F)c2C1. The lowest BCUT2D eigenvalue weighted by Gasteiger charge is -2.41. The number of aliphatic hydroxyl groups is 2. The fourth-order valence-corrected chi connectivity index (χ4v) is 9.77. The number of nitrogens with zero attached hydrogens (tertiary/aromatic N) is 1. The Balaban J connectivity index is 1.84. The van der Waals surface area contributed by atoms with Crippen molar-refractivity contribution in [3.63, 3.8) is 0 Å². The summed E-state index contributed by atoms with van der Waals surface area (Å²) in [7, 11) is 1.65. The van der Waals surface area contributed by atoms with E-state index in [1.807, 2.05) is 0 Å². The van der Waals surface area contributed by atoms with Crippen molar-refractivity contribution >= 4 is 0 Å². The molecule has 2 N–H and O–H groups in total. The number of fused-ring (bicyclic) bond motifs is 3. The molecule has 0 aliphatic carbocycles. The van der Waals surface area contributed by atoms with Crippen molar-refractivity contribution < 1.29 is 112 Å². The Morgan fingerprint density at radius 2 is 0.587 bits per heavy atom. The average molecular weight is 1090 g/mol. The maximum absolute atomic E-state index is 16.4. The van der Waals surface area contributed by atoms with Crippen molar-refractivity contribution in [2.45, 2.75) is 63.8 Å². The molecule has 25 heteroatoms. The van der Waals surface area contributed by atoms with E-state index in [0.717, 1.165) is 14.2 Å². The van der Waals surface area contributed by atoms with Crippen LogP contribution >= 0.6 is 0 Å². The second-order valence-electron chi connectivity index (χ2n) is 17.4. The van der Waals surface area contributed by atoms with Gasteiger partial charge in [-0.05, 0) is 25.0 Å². The van der Waals surface area contributed by atoms with Gasteiger partial charge < -0.3 is 24.2 Å². The highest BCUT2D eigenvalue weighted by Crippen LogP contribution is 2.56. The van der Waals surface area contributed by atoms with Crippen molar-refractivity contribution in [3.8, 4) is 22.6 Å². The summed E-state index contributed by atoms with van der Waals surface area (Å²) in [5, 5.41) is 25.9. The number of hydrogen-bond acceptors (Lipinski definition) is 4. The molecule has 1 heterocycles. The molecule has 0 spiro atoms. The van der Waals surface area contributed by atoms with Crippen LogP contribution in [-0.2, 0) is 24.3 Å². The highest BCUT2D eigenvalue weighted by molar-refractivity contribution is 5.85. The van der Waals surface area contributed by atoms with Crippen molar-refractivity contribution in [1.82, 2.24) is 0 Å². The minimum atomic E-state index is -4.82. The monoisotopic (exact) mass is 1090 g/mol. The Hall–Kier alpha value is -6.60. The van der Waals surface area contributed by atoms with Crippen LogP contribution in [-0.4, -0.2) is 42.0 Å². The Labute approximate surface area is 410 Å². The Morgan fingerprint density at radius 1 is 0.373 bits per heavy atom. The number of ether oxygens (including phenoxy) is 2. The summed E-state index contributed by atoms with van der Waals surface area (Å²) in [6.07, 6.45) is 0.290. The van der Waals surface area contributed by atoms with Crippen LogP contribution in [0.5, 0.6) is 11.5 Å². The van der Waals surface area contributed by atoms with E-state index in [1.165, 1.54) is 0 Å². The predicted molar refractivity (Wildman–Crippen MR) is 221 cm³/mol. The zero-order chi connectivity index (χ0) is 55.9. The fourth-order valence-electron chi connectivity index (χ4n) is 9.77. The molecule has 0 radical (unpaired) electrons. The van der Waals surface area contributed by atoms with E-state index in [2.05, 4.69) is 0 Å². The van der Waals surface area contributed by atoms with Crippen molar-refractivity contribution in [2.75, 3.05) is 27.3 Å². The zero-order valence-electron chi connectivity index (χ0n) is 38.7. The average Bonchev–Trinajstić information content (AvgIpc) is 3.54. The molecule has 7 rings (SSSR count). The van der Waals surface area contributed by atoms with Gasteiger partial charge in [0.25, 0.3) is 0 Å². The van der Waals surface area contributed by atoms with Gasteiger partial charge in [-0.1, -0.05) is 38.8 Å². The molecule has 0 fully saturated rings. The molecule has 0 saturated carbocycles. The van der Waals surface area contributed by atoms with Gasteiger partial charge in [-0.3, -0.25) is 0 Å². The number of quaternary nitrogens is 1. The van der Waals surface area contributed by atoms with Gasteiger partial charge in [0.2, 0.25) is 23.3 Å². The summed E-state index contributed by atoms with van der Waals surface area (Å²) in [4.78, 5) is 0. The molecule has 0 aromatic heterocycles. The van der Waals surface area contributed by atoms with Crippen LogP contribution in [0, 0.1) is 116 Å². The van der Waals surface area contributed by atoms with E-state index in [9.17, 15) is 27.8 Å². The summed E-state index contributed by atoms with van der Waals surface area (Å²) >= 11 is 0. The third-order valence-electron chi connectivity index (χ3n) is 13.3. The smallest absolute Gasteiger partial charge is 0.200 e. The van der Waals surface area contributed by atoms with Gasteiger partial charge in [-0.25, -0.2) is 87.8 Å². The number of halogens is 20. The van der Waals surface area contributed by atoms with Gasteiger partial charge in [0.1, 0.15) is 24.6 Å². The molecule has 0 saturated heterocycles. The normalized spacial score (nSPS) is 13.5. The summed E-state index contributed by atoms with van der Waals surface area (Å²) in [5.74, 6) is -61.8. The van der Waals surface area contributed by atoms with E-state index in [1.54, 1.807) is 13.8 Å². The molecule has 0 unspecified atom stereocenters. The van der Waals surface area contributed by atoms with E-state index in [0.29, 0.717) is 24.3 Å². The van der Waals surface area contributed by atoms with Crippen LogP contribution in [0.4, 0.5) is 87.8 Å². The Morgan fingerprint density at radius 3 is 0.787 bits per heavy atom. The van der Waals surface area contributed by atoms with Crippen LogP contribution in [0.2, 0.25) is 0 Å². The van der Waals surface area contributed by atoms with Crippen LogP contribution < -0.4 is 9.47 Å². The maximum atomic E-state index is 16.4. The molecule has 0 atom stereocenters. The lowest BCUT2D eigenvalue weighted by Crippen LogP contribution is -2.49. The van der Waals surface area contributed by atoms with Gasteiger partial charge in [-0.2, -0.15) is 0 Å². The summed E-state index contributed by atoms with van der Waals surface area (Å²) in [6, 6.07) is 1.99. The Bertz CT molecular complexity index is 2870. The molecule has 5 nitrogen and oxygen atoms in total. The number of benzene rings is 6. The summed E-state index contributed by atoms with van der Waals surface area (Å²) in [6.45, 7) is 0.418. The molecule has 6 aromatic rings. The molecule has 1 aliphatic rings. The standard InChI is InChI=1S/C50H34F20NO4/c1-5-7-13-71(14-8-6-2)15-17-19(49(72,25-29(51)37(59)45(67)38(60)30(25)52)26-31(53)39(61)46(68)40(62)32(26)54)9-11-21(74-3)23(17)24-18(16-71)20(10-12-22(24)75-4)50(73,27-33(55)41(63)47(69)42(64)34(27)56)28-35(57)43(65)48(70)44(66)36(28)58/h9-12,72-73H,5-8,13-16H2,1-4H3/q+1. The van der Waals surface area contributed by atoms with Crippen LogP contribution in [0.1, 0.15) is 84.0 Å². The highest BCUT2D eigenvalue weighted by atomic mass is 19.2. The number of rotatable bonds is 14. The van der Waals surface area contributed by atoms with E-state index in [-0.39, 0.29) is 38.8 Å². The Kier molecular flexibility index (Phi) is 15.1. The van der Waals surface area contributed by atoms with E-state index < -0.39 is 212 Å². The minimum Gasteiger partial charge on any atom is -0.496 e. The zero-order valence-corrected chi connectivity index (χ0v) is 38.7.